The fraction of sp³-hybridized carbons (Fsp3) is 0.457. The van der Waals surface area contributed by atoms with E-state index in [-0.39, 0.29) is 18.0 Å². The number of aromatic nitrogens is 4. The first-order chi connectivity index (χ1) is 21.8. The van der Waals surface area contributed by atoms with Gasteiger partial charge in [0, 0.05) is 48.7 Å². The molecule has 1 amide bonds. The van der Waals surface area contributed by atoms with Gasteiger partial charge in [-0.05, 0) is 105 Å². The monoisotopic (exact) mass is 605 g/mol. The van der Waals surface area contributed by atoms with Crippen molar-refractivity contribution >= 4 is 11.6 Å². The zero-order valence-corrected chi connectivity index (χ0v) is 26.5. The normalized spacial score (nSPS) is 23.5. The number of carbonyl (C=O) groups is 1. The molecule has 234 valence electrons. The maximum absolute atomic E-state index is 12.9. The average molecular weight is 606 g/mol. The Hall–Kier alpha value is -4.49. The van der Waals surface area contributed by atoms with Crippen molar-refractivity contribution in [1.82, 2.24) is 41.5 Å². The third-order valence-electron chi connectivity index (χ3n) is 9.74. The fourth-order valence-electron chi connectivity index (χ4n) is 7.59. The van der Waals surface area contributed by atoms with Gasteiger partial charge in [0.2, 0.25) is 0 Å². The SMILES string of the molecule is C=C(NCC)c1ccc2c(c1)CCc1cc(C(=O)NCC)ccc1C2(C[C@@H](C)NCC(=C)N1C(C#N)C[C@@H]2C[C@@H]21)c1nn[nH]n1. The van der Waals surface area contributed by atoms with Crippen LogP contribution in [0, 0.1) is 17.2 Å². The molecule has 0 bridgehead atoms. The van der Waals surface area contributed by atoms with Crippen LogP contribution in [0.5, 0.6) is 0 Å². The topological polar surface area (TPSA) is 135 Å². The number of likely N-dealkylation sites (tertiary alicyclic amines) is 1. The number of nitrogens with zero attached hydrogens (tertiary/aromatic N) is 5. The molecule has 0 radical (unpaired) electrons. The first-order valence-corrected chi connectivity index (χ1v) is 16.1. The molecule has 6 rings (SSSR count). The molecule has 2 aromatic carbocycles. The van der Waals surface area contributed by atoms with Crippen molar-refractivity contribution in [3.05, 3.63) is 94.5 Å². The van der Waals surface area contributed by atoms with Crippen molar-refractivity contribution in [2.45, 2.75) is 76.4 Å². The van der Waals surface area contributed by atoms with Gasteiger partial charge in [0.25, 0.3) is 5.91 Å². The van der Waals surface area contributed by atoms with E-state index in [1.807, 2.05) is 19.1 Å². The van der Waals surface area contributed by atoms with Gasteiger partial charge in [0.15, 0.2) is 5.82 Å². The zero-order valence-electron chi connectivity index (χ0n) is 26.5. The quantitative estimate of drug-likeness (QED) is 0.245. The summed E-state index contributed by atoms with van der Waals surface area (Å²) in [5.74, 6) is 1.14. The van der Waals surface area contributed by atoms with Crippen molar-refractivity contribution < 1.29 is 4.79 Å². The molecule has 1 saturated carbocycles. The van der Waals surface area contributed by atoms with Crippen molar-refractivity contribution in [1.29, 1.82) is 5.26 Å². The van der Waals surface area contributed by atoms with Crippen molar-refractivity contribution in [3.63, 3.8) is 0 Å². The number of H-pyrrole nitrogens is 1. The summed E-state index contributed by atoms with van der Waals surface area (Å²) in [6, 6.07) is 15.4. The second-order valence-corrected chi connectivity index (χ2v) is 12.7. The number of rotatable bonds is 12. The van der Waals surface area contributed by atoms with Crippen LogP contribution in [0.15, 0.2) is 55.3 Å². The number of aromatic amines is 1. The van der Waals surface area contributed by atoms with E-state index in [2.05, 4.69) is 98.8 Å². The van der Waals surface area contributed by atoms with Gasteiger partial charge >= 0.3 is 0 Å². The largest absolute Gasteiger partial charge is 0.385 e. The van der Waals surface area contributed by atoms with Crippen LogP contribution in [-0.2, 0) is 18.3 Å². The lowest BCUT2D eigenvalue weighted by atomic mass is 9.67. The van der Waals surface area contributed by atoms with Crippen molar-refractivity contribution in [2.75, 3.05) is 19.6 Å². The van der Waals surface area contributed by atoms with Crippen LogP contribution in [-0.4, -0.2) is 69.2 Å². The number of amides is 1. The van der Waals surface area contributed by atoms with E-state index in [9.17, 15) is 10.1 Å². The third kappa shape index (κ3) is 5.61. The maximum Gasteiger partial charge on any atom is 0.251 e. The van der Waals surface area contributed by atoms with Gasteiger partial charge < -0.3 is 20.9 Å². The molecule has 4 N–H and O–H groups in total. The summed E-state index contributed by atoms with van der Waals surface area (Å²) in [4.78, 5) is 15.1. The van der Waals surface area contributed by atoms with Crippen LogP contribution < -0.4 is 16.0 Å². The molecule has 3 aliphatic rings. The Bertz CT molecular complexity index is 1570. The molecule has 1 aromatic heterocycles. The maximum atomic E-state index is 12.9. The number of nitrogens with one attached hydrogen (secondary N) is 4. The molecule has 10 heteroatoms. The minimum absolute atomic E-state index is 0.0108. The van der Waals surface area contributed by atoms with Gasteiger partial charge in [-0.1, -0.05) is 36.6 Å². The molecular formula is C35H43N9O. The lowest BCUT2D eigenvalue weighted by Gasteiger charge is -2.37. The highest BCUT2D eigenvalue weighted by atomic mass is 16.1. The molecular weight excluding hydrogens is 562 g/mol. The lowest BCUT2D eigenvalue weighted by Crippen LogP contribution is -2.42. The number of benzene rings is 2. The Morgan fingerprint density at radius 3 is 2.42 bits per heavy atom. The van der Waals surface area contributed by atoms with Gasteiger partial charge in [0.05, 0.1) is 11.5 Å². The number of hydrogen-bond donors (Lipinski definition) is 4. The highest BCUT2D eigenvalue weighted by Crippen LogP contribution is 2.49. The van der Waals surface area contributed by atoms with Crippen LogP contribution in [0.1, 0.15) is 84.0 Å². The predicted octanol–water partition coefficient (Wildman–Crippen LogP) is 3.83. The van der Waals surface area contributed by atoms with E-state index in [0.717, 1.165) is 65.9 Å². The first kappa shape index (κ1) is 30.5. The minimum Gasteiger partial charge on any atom is -0.385 e. The van der Waals surface area contributed by atoms with Gasteiger partial charge in [-0.25, -0.2) is 0 Å². The molecule has 0 spiro atoms. The molecule has 1 saturated heterocycles. The summed E-state index contributed by atoms with van der Waals surface area (Å²) in [6.45, 7) is 16.8. The molecule has 3 aromatic rings. The van der Waals surface area contributed by atoms with Crippen LogP contribution in [0.3, 0.4) is 0 Å². The van der Waals surface area contributed by atoms with Crippen LogP contribution >= 0.6 is 0 Å². The summed E-state index contributed by atoms with van der Waals surface area (Å²) >= 11 is 0. The van der Waals surface area contributed by atoms with Crippen molar-refractivity contribution in [2.24, 2.45) is 5.92 Å². The Morgan fingerprint density at radius 1 is 1.09 bits per heavy atom. The van der Waals surface area contributed by atoms with E-state index < -0.39 is 5.41 Å². The molecule has 2 fully saturated rings. The van der Waals surface area contributed by atoms with E-state index in [4.69, 9.17) is 0 Å². The molecule has 2 heterocycles. The second kappa shape index (κ2) is 12.5. The summed E-state index contributed by atoms with van der Waals surface area (Å²) in [5, 5.41) is 35.7. The number of piperidine rings is 1. The van der Waals surface area contributed by atoms with E-state index >= 15 is 0 Å². The average Bonchev–Trinajstić information content (AvgIpc) is 3.42. The van der Waals surface area contributed by atoms with E-state index in [1.165, 1.54) is 5.56 Å². The molecule has 10 nitrogen and oxygen atoms in total. The molecule has 45 heavy (non-hydrogen) atoms. The Kier molecular flexibility index (Phi) is 8.47. The Labute approximate surface area is 265 Å². The second-order valence-electron chi connectivity index (χ2n) is 12.7. The molecule has 5 atom stereocenters. The molecule has 2 aliphatic carbocycles. The van der Waals surface area contributed by atoms with E-state index in [0.29, 0.717) is 42.9 Å². The summed E-state index contributed by atoms with van der Waals surface area (Å²) in [6.07, 6.45) is 4.28. The van der Waals surface area contributed by atoms with Crippen LogP contribution in [0.4, 0.5) is 0 Å². The highest BCUT2D eigenvalue weighted by Gasteiger charge is 2.52. The highest BCUT2D eigenvalue weighted by molar-refractivity contribution is 5.94. The third-order valence-corrected chi connectivity index (χ3v) is 9.74. The number of hydrogen-bond acceptors (Lipinski definition) is 8. The fourth-order valence-corrected chi connectivity index (χ4v) is 7.59. The molecule has 2 unspecified atom stereocenters. The van der Waals surface area contributed by atoms with Crippen LogP contribution in [0.2, 0.25) is 0 Å². The van der Waals surface area contributed by atoms with Gasteiger partial charge in [0.1, 0.15) is 6.04 Å². The summed E-state index contributed by atoms with van der Waals surface area (Å²) in [7, 11) is 0. The van der Waals surface area contributed by atoms with Gasteiger partial charge in [-0.15, -0.1) is 10.2 Å². The van der Waals surface area contributed by atoms with Crippen molar-refractivity contribution in [3.8, 4) is 6.07 Å². The number of fused-ring (bicyclic) bond motifs is 3. The minimum atomic E-state index is -0.746. The number of tetrazole rings is 1. The summed E-state index contributed by atoms with van der Waals surface area (Å²) < 4.78 is 0. The first-order valence-electron chi connectivity index (χ1n) is 16.1. The van der Waals surface area contributed by atoms with Gasteiger partial charge in [-0.2, -0.15) is 10.5 Å². The lowest BCUT2D eigenvalue weighted by molar-refractivity contribution is 0.0955. The number of aryl methyl sites for hydroxylation is 2. The zero-order chi connectivity index (χ0) is 31.7. The Morgan fingerprint density at radius 2 is 1.78 bits per heavy atom. The number of nitriles is 1. The summed E-state index contributed by atoms with van der Waals surface area (Å²) in [5.41, 5.74) is 7.28. The van der Waals surface area contributed by atoms with E-state index in [1.54, 1.807) is 0 Å². The Balaban J connectivity index is 1.40. The smallest absolute Gasteiger partial charge is 0.251 e. The van der Waals surface area contributed by atoms with Gasteiger partial charge in [-0.3, -0.25) is 4.79 Å². The predicted molar refractivity (Wildman–Crippen MR) is 174 cm³/mol. The van der Waals surface area contributed by atoms with Crippen LogP contribution in [0.25, 0.3) is 5.70 Å². The molecule has 1 aliphatic heterocycles. The standard InChI is InChI=1S/C35H43N9O/c1-6-37-23(5)24-10-12-30-25(14-24)8-9-26-15-27(33(45)38-7-2)11-13-31(26)35(30,34-40-42-43-41-34)18-21(3)39-20-22(4)44-29(19-36)16-28-17-32(28)44/h10-15,21,28-29,32,37,39H,4-9,16-18,20H2,1-3H3,(H,38,45)(H,40,41,42,43)/t21-,28-,29?,32+,35?/m1/s1. The number of carbonyl (C=O) groups excluding carboxylic acids is 1.